The minimum Gasteiger partial charge on any atom is -0.349 e. The molecule has 2 saturated carbocycles. The number of nitrogens with one attached hydrogen (secondary N) is 3. The van der Waals surface area contributed by atoms with Crippen LogP contribution in [0.15, 0.2) is 30.5 Å². The number of hydrogen-bond donors (Lipinski definition) is 3. The number of hydrogen-bond acceptors (Lipinski definition) is 5. The van der Waals surface area contributed by atoms with Gasteiger partial charge in [-0.25, -0.2) is 0 Å². The van der Waals surface area contributed by atoms with Crippen LogP contribution in [0.25, 0.3) is 5.52 Å². The summed E-state index contributed by atoms with van der Waals surface area (Å²) in [6.07, 6.45) is 5.81. The molecule has 2 heterocycles. The highest BCUT2D eigenvalue weighted by atomic mass is 16.2. The predicted octanol–water partition coefficient (Wildman–Crippen LogP) is 2.87. The van der Waals surface area contributed by atoms with Crippen molar-refractivity contribution < 1.29 is 9.59 Å². The fraction of sp³-hybridized carbons (Fsp3) is 0.364. The Morgan fingerprint density at radius 1 is 1.00 bits per heavy atom. The zero-order valence-corrected chi connectivity index (χ0v) is 17.0. The average molecular weight is 404 g/mol. The highest BCUT2D eigenvalue weighted by Crippen LogP contribution is 2.26. The van der Waals surface area contributed by atoms with Crippen LogP contribution in [0.2, 0.25) is 0 Å². The monoisotopic (exact) mass is 404 g/mol. The maximum atomic E-state index is 12.6. The summed E-state index contributed by atoms with van der Waals surface area (Å²) in [6, 6.07) is 7.99. The van der Waals surface area contributed by atoms with E-state index in [1.165, 1.54) is 0 Å². The van der Waals surface area contributed by atoms with Crippen molar-refractivity contribution in [2.45, 2.75) is 51.6 Å². The smallest absolute Gasteiger partial charge is 0.253 e. The number of carbonyl (C=O) groups is 2. The largest absolute Gasteiger partial charge is 0.349 e. The quantitative estimate of drug-likeness (QED) is 0.587. The zero-order chi connectivity index (χ0) is 20.8. The summed E-state index contributed by atoms with van der Waals surface area (Å²) in [4.78, 5) is 25.0. The number of carbonyl (C=O) groups excluding carboxylic acids is 2. The number of rotatable bonds is 6. The van der Waals surface area contributed by atoms with Gasteiger partial charge < -0.3 is 16.0 Å². The van der Waals surface area contributed by atoms with Gasteiger partial charge in [0.15, 0.2) is 0 Å². The molecule has 2 fully saturated rings. The molecule has 30 heavy (non-hydrogen) atoms. The molecule has 0 atom stereocenters. The van der Waals surface area contributed by atoms with Crippen LogP contribution >= 0.6 is 0 Å². The van der Waals surface area contributed by atoms with Gasteiger partial charge in [0.25, 0.3) is 11.8 Å². The summed E-state index contributed by atoms with van der Waals surface area (Å²) in [7, 11) is 0. The molecular formula is C22H24N6O2. The second-order valence-electron chi connectivity index (χ2n) is 8.22. The van der Waals surface area contributed by atoms with Gasteiger partial charge in [-0.05, 0) is 63.3 Å². The lowest BCUT2D eigenvalue weighted by atomic mass is 10.1. The molecular weight excluding hydrogens is 380 g/mol. The standard InChI is InChI=1S/C22H24N6O2/c1-12-3-4-14(20(29)24-15-5-6-15)9-19(12)26-22-27-23-11-17-10-18(13(2)28(17)22)21(30)25-16-7-8-16/h3-4,9-11,15-16H,5-8H2,1-2H3,(H,24,29)(H,25,30)(H,26,27). The number of anilines is 2. The van der Waals surface area contributed by atoms with Crippen molar-refractivity contribution in [1.82, 2.24) is 25.2 Å². The molecule has 0 saturated heterocycles. The van der Waals surface area contributed by atoms with E-state index >= 15 is 0 Å². The molecule has 5 rings (SSSR count). The number of fused-ring (bicyclic) bond motifs is 1. The minimum atomic E-state index is -0.0698. The number of benzene rings is 1. The van der Waals surface area contributed by atoms with Crippen LogP contribution in [0.3, 0.4) is 0 Å². The summed E-state index contributed by atoms with van der Waals surface area (Å²) >= 11 is 0. The average Bonchev–Trinajstić information content (AvgIpc) is 3.65. The highest BCUT2D eigenvalue weighted by Gasteiger charge is 2.26. The van der Waals surface area contributed by atoms with Gasteiger partial charge in [-0.1, -0.05) is 6.07 Å². The Bertz CT molecular complexity index is 1160. The Labute approximate surface area is 174 Å². The zero-order valence-electron chi connectivity index (χ0n) is 17.0. The van der Waals surface area contributed by atoms with Crippen LogP contribution in [0.5, 0.6) is 0 Å². The van der Waals surface area contributed by atoms with E-state index in [-0.39, 0.29) is 11.8 Å². The number of aromatic nitrogens is 3. The molecule has 3 N–H and O–H groups in total. The summed E-state index contributed by atoms with van der Waals surface area (Å²) in [5.41, 5.74) is 4.55. The molecule has 154 valence electrons. The Morgan fingerprint density at radius 3 is 2.40 bits per heavy atom. The lowest BCUT2D eigenvalue weighted by Gasteiger charge is -2.13. The van der Waals surface area contributed by atoms with Crippen molar-refractivity contribution in [1.29, 1.82) is 0 Å². The molecule has 0 radical (unpaired) electrons. The van der Waals surface area contributed by atoms with E-state index in [4.69, 9.17) is 0 Å². The molecule has 8 nitrogen and oxygen atoms in total. The third kappa shape index (κ3) is 3.60. The Morgan fingerprint density at radius 2 is 1.70 bits per heavy atom. The fourth-order valence-electron chi connectivity index (χ4n) is 3.51. The molecule has 2 aliphatic rings. The second-order valence-corrected chi connectivity index (χ2v) is 8.22. The predicted molar refractivity (Wildman–Crippen MR) is 113 cm³/mol. The molecule has 0 spiro atoms. The van der Waals surface area contributed by atoms with E-state index in [0.717, 1.165) is 48.1 Å². The van der Waals surface area contributed by atoms with Crippen LogP contribution in [0, 0.1) is 13.8 Å². The van der Waals surface area contributed by atoms with E-state index in [9.17, 15) is 9.59 Å². The van der Waals surface area contributed by atoms with Gasteiger partial charge in [-0.3, -0.25) is 14.0 Å². The summed E-state index contributed by atoms with van der Waals surface area (Å²) in [5.74, 6) is 0.360. The topological polar surface area (TPSA) is 100 Å². The first-order valence-corrected chi connectivity index (χ1v) is 10.3. The first kappa shape index (κ1) is 18.6. The summed E-state index contributed by atoms with van der Waals surface area (Å²) in [5, 5.41) is 17.7. The van der Waals surface area contributed by atoms with Gasteiger partial charge in [-0.15, -0.1) is 5.10 Å². The molecule has 0 unspecified atom stereocenters. The van der Waals surface area contributed by atoms with Gasteiger partial charge in [0.05, 0.1) is 17.3 Å². The Hall–Kier alpha value is -3.42. The second kappa shape index (κ2) is 7.12. The van der Waals surface area contributed by atoms with E-state index in [1.807, 2.05) is 42.5 Å². The number of nitrogens with zero attached hydrogens (tertiary/aromatic N) is 3. The first-order valence-electron chi connectivity index (χ1n) is 10.3. The fourth-order valence-corrected chi connectivity index (χ4v) is 3.51. The van der Waals surface area contributed by atoms with Crippen molar-refractivity contribution in [3.05, 3.63) is 52.8 Å². The molecule has 2 aromatic heterocycles. The molecule has 0 aliphatic heterocycles. The van der Waals surface area contributed by atoms with Crippen molar-refractivity contribution in [3.63, 3.8) is 0 Å². The third-order valence-electron chi connectivity index (χ3n) is 5.65. The number of aryl methyl sites for hydroxylation is 2. The van der Waals surface area contributed by atoms with Crippen molar-refractivity contribution in [3.8, 4) is 0 Å². The molecule has 8 heteroatoms. The maximum Gasteiger partial charge on any atom is 0.253 e. The van der Waals surface area contributed by atoms with Crippen LogP contribution < -0.4 is 16.0 Å². The Balaban J connectivity index is 1.47. The van der Waals surface area contributed by atoms with Gasteiger partial charge in [0.1, 0.15) is 0 Å². The summed E-state index contributed by atoms with van der Waals surface area (Å²) < 4.78 is 1.88. The van der Waals surface area contributed by atoms with Crippen molar-refractivity contribution in [2.75, 3.05) is 5.32 Å². The summed E-state index contributed by atoms with van der Waals surface area (Å²) in [6.45, 7) is 3.86. The molecule has 2 amide bonds. The van der Waals surface area contributed by atoms with Crippen LogP contribution in [0.4, 0.5) is 11.6 Å². The van der Waals surface area contributed by atoms with Crippen LogP contribution in [-0.2, 0) is 0 Å². The maximum absolute atomic E-state index is 12.6. The SMILES string of the molecule is Cc1ccc(C(=O)NC2CC2)cc1Nc1nncc2cc(C(=O)NC3CC3)c(C)n12. The van der Waals surface area contributed by atoms with E-state index in [0.29, 0.717) is 29.2 Å². The van der Waals surface area contributed by atoms with Gasteiger partial charge >= 0.3 is 0 Å². The molecule has 3 aromatic rings. The van der Waals surface area contributed by atoms with Gasteiger partial charge in [0, 0.05) is 29.0 Å². The van der Waals surface area contributed by atoms with E-state index < -0.39 is 0 Å². The first-order chi connectivity index (χ1) is 14.5. The van der Waals surface area contributed by atoms with E-state index in [2.05, 4.69) is 26.1 Å². The molecule has 0 bridgehead atoms. The van der Waals surface area contributed by atoms with Crippen LogP contribution in [-0.4, -0.2) is 38.5 Å². The lowest BCUT2D eigenvalue weighted by molar-refractivity contribution is 0.0942. The lowest BCUT2D eigenvalue weighted by Crippen LogP contribution is -2.25. The molecule has 1 aromatic carbocycles. The van der Waals surface area contributed by atoms with Crippen molar-refractivity contribution in [2.24, 2.45) is 0 Å². The van der Waals surface area contributed by atoms with Crippen molar-refractivity contribution >= 4 is 29.0 Å². The van der Waals surface area contributed by atoms with Gasteiger partial charge in [0.2, 0.25) is 5.95 Å². The minimum absolute atomic E-state index is 0.0685. The van der Waals surface area contributed by atoms with E-state index in [1.54, 1.807) is 6.20 Å². The van der Waals surface area contributed by atoms with Crippen LogP contribution in [0.1, 0.15) is 57.7 Å². The Kier molecular flexibility index (Phi) is 4.42. The normalized spacial score (nSPS) is 15.8. The third-order valence-corrected chi connectivity index (χ3v) is 5.65. The highest BCUT2D eigenvalue weighted by molar-refractivity contribution is 5.98. The van der Waals surface area contributed by atoms with Gasteiger partial charge in [-0.2, -0.15) is 5.10 Å². The molecule has 2 aliphatic carbocycles. The number of amides is 2.